The van der Waals surface area contributed by atoms with Crippen molar-refractivity contribution in [1.82, 2.24) is 5.32 Å². The van der Waals surface area contributed by atoms with Gasteiger partial charge < -0.3 is 15.4 Å². The van der Waals surface area contributed by atoms with E-state index in [-0.39, 0.29) is 16.5 Å². The fourth-order valence-corrected chi connectivity index (χ4v) is 2.28. The molecule has 0 bridgehead atoms. The molecule has 27 heavy (non-hydrogen) atoms. The van der Waals surface area contributed by atoms with Crippen LogP contribution in [0.1, 0.15) is 20.7 Å². The van der Waals surface area contributed by atoms with Crippen molar-refractivity contribution in [2.45, 2.75) is 0 Å². The number of carbonyl (C=O) groups excluding carboxylic acids is 3. The predicted molar refractivity (Wildman–Crippen MR) is 96.9 cm³/mol. The van der Waals surface area contributed by atoms with Gasteiger partial charge in [0.15, 0.2) is 6.61 Å². The van der Waals surface area contributed by atoms with Gasteiger partial charge in [-0.3, -0.25) is 19.7 Å². The van der Waals surface area contributed by atoms with Crippen LogP contribution in [0.15, 0.2) is 42.5 Å². The van der Waals surface area contributed by atoms with Crippen LogP contribution in [-0.2, 0) is 9.53 Å². The van der Waals surface area contributed by atoms with E-state index in [9.17, 15) is 24.5 Å². The number of carbonyl (C=O) groups is 3. The summed E-state index contributed by atoms with van der Waals surface area (Å²) in [6, 6.07) is 9.60. The Morgan fingerprint density at radius 1 is 1.19 bits per heavy atom. The topological polar surface area (TPSA) is 128 Å². The smallest absolute Gasteiger partial charge is 0.345 e. The largest absolute Gasteiger partial charge is 0.452 e. The number of nitro benzene ring substituents is 1. The maximum Gasteiger partial charge on any atom is 0.345 e. The number of halogens is 1. The number of rotatable bonds is 6. The summed E-state index contributed by atoms with van der Waals surface area (Å²) in [5, 5.41) is 16.0. The van der Waals surface area contributed by atoms with E-state index in [0.717, 1.165) is 12.1 Å². The van der Waals surface area contributed by atoms with E-state index in [0.29, 0.717) is 11.3 Å². The van der Waals surface area contributed by atoms with Crippen LogP contribution < -0.4 is 10.6 Å². The molecule has 0 spiro atoms. The fraction of sp³-hybridized carbons (Fsp3) is 0.118. The van der Waals surface area contributed by atoms with Gasteiger partial charge in [0.2, 0.25) is 0 Å². The number of hydrogen-bond donors (Lipinski definition) is 2. The first-order chi connectivity index (χ1) is 12.8. The average molecular weight is 392 g/mol. The minimum absolute atomic E-state index is 0.0898. The zero-order valence-electron chi connectivity index (χ0n) is 14.0. The summed E-state index contributed by atoms with van der Waals surface area (Å²) in [5.74, 6) is -2.03. The molecule has 2 N–H and O–H groups in total. The third-order valence-electron chi connectivity index (χ3n) is 3.35. The first-order valence-corrected chi connectivity index (χ1v) is 7.92. The van der Waals surface area contributed by atoms with Crippen molar-refractivity contribution in [3.05, 3.63) is 68.7 Å². The monoisotopic (exact) mass is 391 g/mol. The lowest BCUT2D eigenvalue weighted by molar-refractivity contribution is -0.385. The molecule has 0 fully saturated rings. The minimum Gasteiger partial charge on any atom is -0.452 e. The van der Waals surface area contributed by atoms with Gasteiger partial charge in [0.25, 0.3) is 17.5 Å². The quantitative estimate of drug-likeness (QED) is 0.442. The van der Waals surface area contributed by atoms with Crippen LogP contribution in [0.2, 0.25) is 5.02 Å². The second-order valence-corrected chi connectivity index (χ2v) is 5.64. The van der Waals surface area contributed by atoms with Crippen LogP contribution in [0, 0.1) is 10.1 Å². The lowest BCUT2D eigenvalue weighted by atomic mass is 10.2. The fourth-order valence-electron chi connectivity index (χ4n) is 2.12. The van der Waals surface area contributed by atoms with Gasteiger partial charge in [0, 0.05) is 29.4 Å². The molecule has 0 aliphatic heterocycles. The Morgan fingerprint density at radius 2 is 1.93 bits per heavy atom. The molecule has 2 aromatic carbocycles. The van der Waals surface area contributed by atoms with Crippen molar-refractivity contribution in [1.29, 1.82) is 0 Å². The molecular weight excluding hydrogens is 378 g/mol. The number of benzene rings is 2. The van der Waals surface area contributed by atoms with Gasteiger partial charge >= 0.3 is 5.97 Å². The molecule has 0 aliphatic rings. The Morgan fingerprint density at radius 3 is 2.59 bits per heavy atom. The molecule has 0 saturated carbocycles. The van der Waals surface area contributed by atoms with Crippen LogP contribution in [0.3, 0.4) is 0 Å². The standard InChI is InChI=1S/C17H14ClN3O6/c1-19-16(23)10-3-2-4-12(7-10)20-15(22)9-27-17(24)13-6-5-11(18)8-14(13)21(25)26/h2-8H,9H2,1H3,(H,19,23)(H,20,22). The molecule has 2 aromatic rings. The summed E-state index contributed by atoms with van der Waals surface area (Å²) in [5.41, 5.74) is -0.177. The van der Waals surface area contributed by atoms with E-state index in [2.05, 4.69) is 10.6 Å². The van der Waals surface area contributed by atoms with E-state index >= 15 is 0 Å². The Labute approximate surface area is 158 Å². The number of nitrogens with one attached hydrogen (secondary N) is 2. The molecule has 0 unspecified atom stereocenters. The highest BCUT2D eigenvalue weighted by Crippen LogP contribution is 2.23. The number of esters is 1. The number of anilines is 1. The Hall–Kier alpha value is -3.46. The first kappa shape index (κ1) is 19.9. The maximum absolute atomic E-state index is 12.0. The van der Waals surface area contributed by atoms with Crippen molar-refractivity contribution >= 4 is 40.8 Å². The zero-order valence-corrected chi connectivity index (χ0v) is 14.8. The molecule has 0 aliphatic carbocycles. The second-order valence-electron chi connectivity index (χ2n) is 5.20. The van der Waals surface area contributed by atoms with E-state index < -0.39 is 29.1 Å². The SMILES string of the molecule is CNC(=O)c1cccc(NC(=O)COC(=O)c2ccc(Cl)cc2[N+](=O)[O-])c1. The van der Waals surface area contributed by atoms with Gasteiger partial charge in [0.05, 0.1) is 4.92 Å². The third-order valence-corrected chi connectivity index (χ3v) is 3.58. The minimum atomic E-state index is -1.03. The van der Waals surface area contributed by atoms with Crippen LogP contribution in [0.25, 0.3) is 0 Å². The van der Waals surface area contributed by atoms with Crippen LogP contribution in [-0.4, -0.2) is 36.4 Å². The lowest BCUT2D eigenvalue weighted by Crippen LogP contribution is -2.22. The number of nitrogens with zero attached hydrogens (tertiary/aromatic N) is 1. The lowest BCUT2D eigenvalue weighted by Gasteiger charge is -2.08. The normalized spacial score (nSPS) is 10.0. The summed E-state index contributed by atoms with van der Waals surface area (Å²) in [6.45, 7) is -0.664. The van der Waals surface area contributed by atoms with Gasteiger partial charge in [0.1, 0.15) is 5.56 Å². The maximum atomic E-state index is 12.0. The number of hydrogen-bond acceptors (Lipinski definition) is 6. The van der Waals surface area contributed by atoms with E-state index in [4.69, 9.17) is 16.3 Å². The highest BCUT2D eigenvalue weighted by molar-refractivity contribution is 6.31. The van der Waals surface area contributed by atoms with Gasteiger partial charge in [-0.05, 0) is 30.3 Å². The van der Waals surface area contributed by atoms with Crippen LogP contribution in [0.5, 0.6) is 0 Å². The van der Waals surface area contributed by atoms with Crippen molar-refractivity contribution in [2.75, 3.05) is 19.0 Å². The Kier molecular flexibility index (Phi) is 6.45. The highest BCUT2D eigenvalue weighted by Gasteiger charge is 2.22. The van der Waals surface area contributed by atoms with Crippen molar-refractivity contribution < 1.29 is 24.0 Å². The summed E-state index contributed by atoms with van der Waals surface area (Å²) in [6.07, 6.45) is 0. The summed E-state index contributed by atoms with van der Waals surface area (Å²) < 4.78 is 4.81. The third kappa shape index (κ3) is 5.25. The molecule has 0 heterocycles. The summed E-state index contributed by atoms with van der Waals surface area (Å²) >= 11 is 5.68. The zero-order chi connectivity index (χ0) is 20.0. The van der Waals surface area contributed by atoms with E-state index in [1.807, 2.05) is 0 Å². The molecule has 0 aromatic heterocycles. The van der Waals surface area contributed by atoms with Crippen LogP contribution in [0.4, 0.5) is 11.4 Å². The Balaban J connectivity index is 2.01. The molecule has 2 rings (SSSR count). The molecule has 9 nitrogen and oxygen atoms in total. The van der Waals surface area contributed by atoms with Gasteiger partial charge in [-0.25, -0.2) is 4.79 Å². The van der Waals surface area contributed by atoms with Gasteiger partial charge in [-0.2, -0.15) is 0 Å². The summed E-state index contributed by atoms with van der Waals surface area (Å²) in [7, 11) is 1.48. The molecule has 2 amide bonds. The van der Waals surface area contributed by atoms with Crippen molar-refractivity contribution in [3.8, 4) is 0 Å². The molecule has 0 radical (unpaired) electrons. The van der Waals surface area contributed by atoms with E-state index in [1.165, 1.54) is 19.2 Å². The second kappa shape index (κ2) is 8.77. The van der Waals surface area contributed by atoms with Crippen molar-refractivity contribution in [2.24, 2.45) is 0 Å². The number of nitro groups is 1. The van der Waals surface area contributed by atoms with E-state index in [1.54, 1.807) is 18.2 Å². The predicted octanol–water partition coefficient (Wildman–Crippen LogP) is 2.40. The molecule has 140 valence electrons. The van der Waals surface area contributed by atoms with Crippen molar-refractivity contribution in [3.63, 3.8) is 0 Å². The molecular formula is C17H14ClN3O6. The highest BCUT2D eigenvalue weighted by atomic mass is 35.5. The number of ether oxygens (including phenoxy) is 1. The van der Waals surface area contributed by atoms with Gasteiger partial charge in [-0.1, -0.05) is 17.7 Å². The van der Waals surface area contributed by atoms with Crippen LogP contribution >= 0.6 is 11.6 Å². The Bertz CT molecular complexity index is 915. The number of amides is 2. The molecule has 0 saturated heterocycles. The molecule has 0 atom stereocenters. The first-order valence-electron chi connectivity index (χ1n) is 7.55. The van der Waals surface area contributed by atoms with Gasteiger partial charge in [-0.15, -0.1) is 0 Å². The molecule has 10 heteroatoms. The summed E-state index contributed by atoms with van der Waals surface area (Å²) in [4.78, 5) is 45.7. The average Bonchev–Trinajstić information content (AvgIpc) is 2.65.